The molecule has 0 saturated heterocycles. The van der Waals surface area contributed by atoms with Crippen molar-refractivity contribution >= 4 is 40.3 Å². The monoisotopic (exact) mass is 377 g/mol. The third kappa shape index (κ3) is 5.25. The van der Waals surface area contributed by atoms with Crippen molar-refractivity contribution in [3.8, 4) is 0 Å². The molecule has 0 aromatic heterocycles. The lowest BCUT2D eigenvalue weighted by Gasteiger charge is -2.21. The predicted molar refractivity (Wildman–Crippen MR) is 108 cm³/mol. The van der Waals surface area contributed by atoms with E-state index in [-0.39, 0.29) is 10.9 Å². The van der Waals surface area contributed by atoms with Crippen molar-refractivity contribution in [3.63, 3.8) is 0 Å². The van der Waals surface area contributed by atoms with Gasteiger partial charge in [-0.3, -0.25) is 0 Å². The van der Waals surface area contributed by atoms with Gasteiger partial charge in [0.2, 0.25) is 0 Å². The SMILES string of the molecule is Cc1ccc(N(/N=C(\CCCCl)c2ccc(F)cc2)C(N)=S)c(C)c1. The van der Waals surface area contributed by atoms with Crippen molar-refractivity contribution in [2.75, 3.05) is 10.9 Å². The number of anilines is 1. The average molecular weight is 378 g/mol. The van der Waals surface area contributed by atoms with Crippen LogP contribution in [0.5, 0.6) is 0 Å². The minimum absolute atomic E-state index is 0.150. The summed E-state index contributed by atoms with van der Waals surface area (Å²) >= 11 is 11.0. The third-order valence-electron chi connectivity index (χ3n) is 3.73. The van der Waals surface area contributed by atoms with Gasteiger partial charge < -0.3 is 5.73 Å². The Bertz CT molecular complexity index is 775. The summed E-state index contributed by atoms with van der Waals surface area (Å²) in [5.41, 5.74) is 10.5. The average Bonchev–Trinajstić information content (AvgIpc) is 2.57. The standard InChI is InChI=1S/C19H21ClFN3S/c1-13-5-10-18(14(2)12-13)24(19(22)25)23-17(4-3-11-20)15-6-8-16(21)9-7-15/h5-10,12H,3-4,11H2,1-2H3,(H2,22,25)/b23-17+. The van der Waals surface area contributed by atoms with Crippen LogP contribution in [-0.4, -0.2) is 16.7 Å². The number of rotatable bonds is 6. The molecule has 0 fully saturated rings. The molecule has 0 amide bonds. The summed E-state index contributed by atoms with van der Waals surface area (Å²) in [4.78, 5) is 0. The summed E-state index contributed by atoms with van der Waals surface area (Å²) in [6.07, 6.45) is 1.38. The van der Waals surface area contributed by atoms with Crippen molar-refractivity contribution in [1.82, 2.24) is 0 Å². The van der Waals surface area contributed by atoms with Crippen molar-refractivity contribution in [1.29, 1.82) is 0 Å². The van der Waals surface area contributed by atoms with Crippen molar-refractivity contribution < 1.29 is 4.39 Å². The van der Waals surface area contributed by atoms with Gasteiger partial charge in [-0.15, -0.1) is 11.6 Å². The van der Waals surface area contributed by atoms with E-state index in [1.165, 1.54) is 12.1 Å². The zero-order valence-corrected chi connectivity index (χ0v) is 15.9. The van der Waals surface area contributed by atoms with E-state index in [1.54, 1.807) is 17.1 Å². The van der Waals surface area contributed by atoms with Gasteiger partial charge in [-0.25, -0.2) is 9.40 Å². The molecule has 0 unspecified atom stereocenters. The molecule has 0 heterocycles. The Morgan fingerprint density at radius 3 is 2.44 bits per heavy atom. The van der Waals surface area contributed by atoms with Crippen LogP contribution in [-0.2, 0) is 0 Å². The molecule has 2 aromatic rings. The van der Waals surface area contributed by atoms with Gasteiger partial charge in [0.25, 0.3) is 0 Å². The first-order valence-electron chi connectivity index (χ1n) is 7.98. The van der Waals surface area contributed by atoms with Crippen LogP contribution in [0.1, 0.15) is 29.5 Å². The van der Waals surface area contributed by atoms with Gasteiger partial charge in [-0.2, -0.15) is 5.10 Å². The molecular weight excluding hydrogens is 357 g/mol. The van der Waals surface area contributed by atoms with Crippen LogP contribution in [0, 0.1) is 19.7 Å². The van der Waals surface area contributed by atoms with Gasteiger partial charge in [0.05, 0.1) is 11.4 Å². The van der Waals surface area contributed by atoms with E-state index in [4.69, 9.17) is 29.6 Å². The lowest BCUT2D eigenvalue weighted by atomic mass is 10.1. The molecule has 0 aliphatic rings. The molecular formula is C19H21ClFN3S. The molecule has 2 N–H and O–H groups in total. The lowest BCUT2D eigenvalue weighted by molar-refractivity contribution is 0.627. The summed E-state index contributed by atoms with van der Waals surface area (Å²) < 4.78 is 13.2. The van der Waals surface area contributed by atoms with Crippen LogP contribution in [0.3, 0.4) is 0 Å². The van der Waals surface area contributed by atoms with E-state index in [0.29, 0.717) is 12.3 Å². The first kappa shape index (κ1) is 19.3. The van der Waals surface area contributed by atoms with Crippen LogP contribution in [0.2, 0.25) is 0 Å². The van der Waals surface area contributed by atoms with Crippen LogP contribution in [0.15, 0.2) is 47.6 Å². The Morgan fingerprint density at radius 1 is 1.20 bits per heavy atom. The fourth-order valence-electron chi connectivity index (χ4n) is 2.51. The smallest absolute Gasteiger partial charge is 0.191 e. The van der Waals surface area contributed by atoms with E-state index in [9.17, 15) is 4.39 Å². The van der Waals surface area contributed by atoms with Crippen LogP contribution in [0.4, 0.5) is 10.1 Å². The maximum atomic E-state index is 13.2. The molecule has 0 radical (unpaired) electrons. The summed E-state index contributed by atoms with van der Waals surface area (Å²) in [7, 11) is 0. The number of alkyl halides is 1. The van der Waals surface area contributed by atoms with Gasteiger partial charge in [0, 0.05) is 5.88 Å². The highest BCUT2D eigenvalue weighted by atomic mass is 35.5. The highest BCUT2D eigenvalue weighted by Crippen LogP contribution is 2.23. The number of thiocarbonyl (C=S) groups is 1. The second-order valence-electron chi connectivity index (χ2n) is 5.79. The number of halogens is 2. The number of benzene rings is 2. The zero-order valence-electron chi connectivity index (χ0n) is 14.3. The molecule has 0 aliphatic carbocycles. The normalized spacial score (nSPS) is 11.4. The molecule has 0 atom stereocenters. The molecule has 132 valence electrons. The highest BCUT2D eigenvalue weighted by Gasteiger charge is 2.14. The second-order valence-corrected chi connectivity index (χ2v) is 6.58. The van der Waals surface area contributed by atoms with E-state index in [0.717, 1.165) is 34.5 Å². The van der Waals surface area contributed by atoms with Gasteiger partial charge in [-0.05, 0) is 68.2 Å². The Balaban J connectivity index is 2.48. The largest absolute Gasteiger partial charge is 0.374 e. The van der Waals surface area contributed by atoms with E-state index in [1.807, 2.05) is 32.0 Å². The first-order valence-corrected chi connectivity index (χ1v) is 8.93. The molecule has 0 spiro atoms. The summed E-state index contributed by atoms with van der Waals surface area (Å²) in [5, 5.41) is 6.38. The summed E-state index contributed by atoms with van der Waals surface area (Å²) in [5.74, 6) is 0.220. The molecule has 0 aliphatic heterocycles. The quantitative estimate of drug-likeness (QED) is 0.336. The molecule has 3 nitrogen and oxygen atoms in total. The van der Waals surface area contributed by atoms with Gasteiger partial charge in [-0.1, -0.05) is 29.8 Å². The van der Waals surface area contributed by atoms with E-state index >= 15 is 0 Å². The summed E-state index contributed by atoms with van der Waals surface area (Å²) in [6, 6.07) is 12.2. The maximum Gasteiger partial charge on any atom is 0.191 e. The van der Waals surface area contributed by atoms with Crippen LogP contribution >= 0.6 is 23.8 Å². The Morgan fingerprint density at radius 2 is 1.88 bits per heavy atom. The number of nitrogens with two attached hydrogens (primary N) is 1. The fraction of sp³-hybridized carbons (Fsp3) is 0.263. The van der Waals surface area contributed by atoms with Crippen molar-refractivity contribution in [3.05, 3.63) is 65.0 Å². The third-order valence-corrected chi connectivity index (χ3v) is 4.17. The minimum atomic E-state index is -0.291. The van der Waals surface area contributed by atoms with Crippen molar-refractivity contribution in [2.24, 2.45) is 10.8 Å². The highest BCUT2D eigenvalue weighted by molar-refractivity contribution is 7.80. The Labute approximate surface area is 158 Å². The number of hydrogen-bond donors (Lipinski definition) is 1. The molecule has 0 bridgehead atoms. The maximum absolute atomic E-state index is 13.2. The number of hydrogen-bond acceptors (Lipinski definition) is 2. The van der Waals surface area contributed by atoms with Gasteiger partial charge in [0.15, 0.2) is 5.11 Å². The van der Waals surface area contributed by atoms with Crippen LogP contribution in [0.25, 0.3) is 0 Å². The first-order chi connectivity index (χ1) is 11.9. The number of nitrogens with zero attached hydrogens (tertiary/aromatic N) is 2. The summed E-state index contributed by atoms with van der Waals surface area (Å²) in [6.45, 7) is 4.01. The van der Waals surface area contributed by atoms with Crippen LogP contribution < -0.4 is 10.7 Å². The molecule has 25 heavy (non-hydrogen) atoms. The second kappa shape index (κ2) is 8.92. The lowest BCUT2D eigenvalue weighted by Crippen LogP contribution is -2.32. The molecule has 2 rings (SSSR count). The molecule has 0 saturated carbocycles. The number of aryl methyl sites for hydroxylation is 2. The van der Waals surface area contributed by atoms with Gasteiger partial charge in [0.1, 0.15) is 5.82 Å². The predicted octanol–water partition coefficient (Wildman–Crippen LogP) is 4.92. The Kier molecular flexibility index (Phi) is 6.91. The Hall–Kier alpha value is -1.98. The van der Waals surface area contributed by atoms with Crippen molar-refractivity contribution in [2.45, 2.75) is 26.7 Å². The molecule has 6 heteroatoms. The minimum Gasteiger partial charge on any atom is -0.374 e. The topological polar surface area (TPSA) is 41.6 Å². The molecule has 2 aromatic carbocycles. The van der Waals surface area contributed by atoms with E-state index in [2.05, 4.69) is 5.10 Å². The van der Waals surface area contributed by atoms with Gasteiger partial charge >= 0.3 is 0 Å². The fourth-order valence-corrected chi connectivity index (χ4v) is 2.79. The zero-order chi connectivity index (χ0) is 18.4. The number of hydrazone groups is 1. The van der Waals surface area contributed by atoms with E-state index < -0.39 is 0 Å².